The number of nitrogens with one attached hydrogen (secondary N) is 1. The third kappa shape index (κ3) is 4.76. The molecule has 2 aromatic carbocycles. The minimum absolute atomic E-state index is 0.0406. The highest BCUT2D eigenvalue weighted by Crippen LogP contribution is 2.20. The lowest BCUT2D eigenvalue weighted by molar-refractivity contribution is -0.130. The van der Waals surface area contributed by atoms with Crippen LogP contribution in [-0.4, -0.2) is 19.0 Å². The van der Waals surface area contributed by atoms with E-state index in [1.165, 1.54) is 12.3 Å². The van der Waals surface area contributed by atoms with Crippen molar-refractivity contribution in [2.45, 2.75) is 12.6 Å². The fraction of sp³-hybridized carbons (Fsp3) is 0.143. The summed E-state index contributed by atoms with van der Waals surface area (Å²) in [5, 5.41) is 2.80. The Kier molecular flexibility index (Phi) is 5.89. The Morgan fingerprint density at radius 2 is 1.74 bits per heavy atom. The van der Waals surface area contributed by atoms with Gasteiger partial charge in [-0.05, 0) is 29.8 Å². The molecule has 6 nitrogen and oxygen atoms in total. The highest BCUT2D eigenvalue weighted by Gasteiger charge is 2.26. The number of methoxy groups -OCH3 is 1. The second kappa shape index (κ2) is 8.71. The summed E-state index contributed by atoms with van der Waals surface area (Å²) in [6.45, 7) is 0.296. The fourth-order valence-electron chi connectivity index (χ4n) is 2.49. The van der Waals surface area contributed by atoms with Gasteiger partial charge in [0, 0.05) is 12.1 Å². The van der Waals surface area contributed by atoms with E-state index in [1.807, 2.05) is 30.3 Å². The number of hydrogen-bond acceptors (Lipinski definition) is 5. The molecule has 138 valence electrons. The molecule has 6 heteroatoms. The summed E-state index contributed by atoms with van der Waals surface area (Å²) in [4.78, 5) is 24.9. The smallest absolute Gasteiger partial charge is 0.375 e. The van der Waals surface area contributed by atoms with Crippen LogP contribution in [0.25, 0.3) is 0 Å². The van der Waals surface area contributed by atoms with Crippen molar-refractivity contribution in [3.63, 3.8) is 0 Å². The van der Waals surface area contributed by atoms with Crippen LogP contribution in [0, 0.1) is 0 Å². The number of ether oxygens (including phenoxy) is 2. The van der Waals surface area contributed by atoms with Crippen molar-refractivity contribution in [3.05, 3.63) is 89.9 Å². The zero-order chi connectivity index (χ0) is 19.1. The molecule has 0 aliphatic rings. The third-order valence-corrected chi connectivity index (χ3v) is 3.91. The lowest BCUT2D eigenvalue weighted by atomic mass is 10.1. The van der Waals surface area contributed by atoms with Gasteiger partial charge in [-0.3, -0.25) is 4.79 Å². The van der Waals surface area contributed by atoms with Crippen LogP contribution in [0.3, 0.4) is 0 Å². The van der Waals surface area contributed by atoms with Gasteiger partial charge in [0.25, 0.3) is 5.91 Å². The van der Waals surface area contributed by atoms with Gasteiger partial charge in [0.1, 0.15) is 5.75 Å². The highest BCUT2D eigenvalue weighted by atomic mass is 16.6. The van der Waals surface area contributed by atoms with E-state index in [-0.39, 0.29) is 5.76 Å². The van der Waals surface area contributed by atoms with Crippen LogP contribution in [-0.2, 0) is 16.1 Å². The van der Waals surface area contributed by atoms with E-state index in [2.05, 4.69) is 5.32 Å². The summed E-state index contributed by atoms with van der Waals surface area (Å²) in [6, 6.07) is 19.2. The van der Waals surface area contributed by atoms with E-state index in [4.69, 9.17) is 13.9 Å². The van der Waals surface area contributed by atoms with Crippen LogP contribution >= 0.6 is 0 Å². The van der Waals surface area contributed by atoms with Crippen molar-refractivity contribution in [1.82, 2.24) is 5.32 Å². The number of hydrogen-bond donors (Lipinski definition) is 1. The summed E-state index contributed by atoms with van der Waals surface area (Å²) in [7, 11) is 1.59. The largest absolute Gasteiger partial charge is 0.497 e. The van der Waals surface area contributed by atoms with E-state index < -0.39 is 18.0 Å². The molecule has 3 aromatic rings. The SMILES string of the molecule is COc1ccc(CNC(=O)[C@H](OC(=O)c2ccco2)c2ccccc2)cc1. The maximum Gasteiger partial charge on any atom is 0.375 e. The summed E-state index contributed by atoms with van der Waals surface area (Å²) in [5.74, 6) is -0.344. The van der Waals surface area contributed by atoms with Gasteiger partial charge in [-0.25, -0.2) is 4.79 Å². The average Bonchev–Trinajstić information content (AvgIpc) is 3.26. The van der Waals surface area contributed by atoms with E-state index in [9.17, 15) is 9.59 Å². The minimum atomic E-state index is -1.08. The minimum Gasteiger partial charge on any atom is -0.497 e. The second-order valence-corrected chi connectivity index (χ2v) is 5.74. The molecule has 0 radical (unpaired) electrons. The third-order valence-electron chi connectivity index (χ3n) is 3.91. The predicted octanol–water partition coefficient (Wildman–Crippen LogP) is 3.50. The van der Waals surface area contributed by atoms with Gasteiger partial charge in [-0.2, -0.15) is 0 Å². The molecule has 0 saturated carbocycles. The van der Waals surface area contributed by atoms with Gasteiger partial charge < -0.3 is 19.2 Å². The molecule has 0 saturated heterocycles. The first-order valence-corrected chi connectivity index (χ1v) is 8.37. The molecule has 0 unspecified atom stereocenters. The van der Waals surface area contributed by atoms with E-state index >= 15 is 0 Å². The molecule has 0 spiro atoms. The van der Waals surface area contributed by atoms with E-state index in [0.717, 1.165) is 11.3 Å². The molecule has 1 N–H and O–H groups in total. The molecule has 0 fully saturated rings. The van der Waals surface area contributed by atoms with Gasteiger partial charge in [-0.1, -0.05) is 42.5 Å². The molecule has 1 aromatic heterocycles. The molecule has 1 atom stereocenters. The Labute approximate surface area is 156 Å². The molecule has 27 heavy (non-hydrogen) atoms. The van der Waals surface area contributed by atoms with Gasteiger partial charge in [0.05, 0.1) is 13.4 Å². The zero-order valence-electron chi connectivity index (χ0n) is 14.8. The standard InChI is InChI=1S/C21H19NO5/c1-25-17-11-9-15(10-12-17)14-22-20(23)19(16-6-3-2-4-7-16)27-21(24)18-8-5-13-26-18/h2-13,19H,14H2,1H3,(H,22,23)/t19-/m1/s1. The van der Waals surface area contributed by atoms with Crippen molar-refractivity contribution in [2.24, 2.45) is 0 Å². The number of amides is 1. The summed E-state index contributed by atoms with van der Waals surface area (Å²) >= 11 is 0. The summed E-state index contributed by atoms with van der Waals surface area (Å²) in [6.07, 6.45) is 0.291. The van der Waals surface area contributed by atoms with Gasteiger partial charge >= 0.3 is 5.97 Å². The first-order chi connectivity index (χ1) is 13.2. The van der Waals surface area contributed by atoms with E-state index in [1.54, 1.807) is 37.4 Å². The Hall–Kier alpha value is -3.54. The van der Waals surface area contributed by atoms with Gasteiger partial charge in [0.15, 0.2) is 0 Å². The molecular formula is C21H19NO5. The van der Waals surface area contributed by atoms with Gasteiger partial charge in [0.2, 0.25) is 11.9 Å². The molecular weight excluding hydrogens is 346 g/mol. The number of carbonyl (C=O) groups is 2. The monoisotopic (exact) mass is 365 g/mol. The number of esters is 1. The Bertz CT molecular complexity index is 873. The quantitative estimate of drug-likeness (QED) is 0.649. The normalized spacial score (nSPS) is 11.4. The summed E-state index contributed by atoms with van der Waals surface area (Å²) < 4.78 is 15.6. The fourth-order valence-corrected chi connectivity index (χ4v) is 2.49. The van der Waals surface area contributed by atoms with Crippen LogP contribution in [0.2, 0.25) is 0 Å². The average molecular weight is 365 g/mol. The lowest BCUT2D eigenvalue weighted by Crippen LogP contribution is -2.31. The lowest BCUT2D eigenvalue weighted by Gasteiger charge is -2.17. The molecule has 0 aliphatic carbocycles. The summed E-state index contributed by atoms with van der Waals surface area (Å²) in [5.41, 5.74) is 1.47. The van der Waals surface area contributed by atoms with Crippen LogP contribution in [0.4, 0.5) is 0 Å². The Morgan fingerprint density at radius 1 is 1.00 bits per heavy atom. The highest BCUT2D eigenvalue weighted by molar-refractivity contribution is 5.90. The maximum absolute atomic E-state index is 12.7. The molecule has 0 aliphatic heterocycles. The van der Waals surface area contributed by atoms with Crippen molar-refractivity contribution in [2.75, 3.05) is 7.11 Å². The molecule has 1 amide bonds. The maximum atomic E-state index is 12.7. The van der Waals surface area contributed by atoms with Crippen LogP contribution < -0.4 is 10.1 Å². The van der Waals surface area contributed by atoms with Crippen LogP contribution in [0.5, 0.6) is 5.75 Å². The van der Waals surface area contributed by atoms with E-state index in [0.29, 0.717) is 12.1 Å². The van der Waals surface area contributed by atoms with Crippen molar-refractivity contribution in [1.29, 1.82) is 0 Å². The molecule has 1 heterocycles. The van der Waals surface area contributed by atoms with Crippen molar-refractivity contribution >= 4 is 11.9 Å². The van der Waals surface area contributed by atoms with Crippen molar-refractivity contribution in [3.8, 4) is 5.75 Å². The Morgan fingerprint density at radius 3 is 2.37 bits per heavy atom. The number of carbonyl (C=O) groups excluding carboxylic acids is 2. The van der Waals surface area contributed by atoms with Crippen LogP contribution in [0.1, 0.15) is 27.8 Å². The van der Waals surface area contributed by atoms with Crippen LogP contribution in [0.15, 0.2) is 77.4 Å². The number of furan rings is 1. The topological polar surface area (TPSA) is 77.8 Å². The van der Waals surface area contributed by atoms with Crippen molar-refractivity contribution < 1.29 is 23.5 Å². The number of benzene rings is 2. The molecule has 3 rings (SSSR count). The first kappa shape index (κ1) is 18.3. The number of rotatable bonds is 7. The Balaban J connectivity index is 1.71. The van der Waals surface area contributed by atoms with Gasteiger partial charge in [-0.15, -0.1) is 0 Å². The first-order valence-electron chi connectivity index (χ1n) is 8.37. The second-order valence-electron chi connectivity index (χ2n) is 5.74. The molecule has 0 bridgehead atoms. The predicted molar refractivity (Wildman–Crippen MR) is 98.1 cm³/mol. The zero-order valence-corrected chi connectivity index (χ0v) is 14.8.